The summed E-state index contributed by atoms with van der Waals surface area (Å²) in [4.78, 5) is 18.5. The Hall–Kier alpha value is -1.91. The Morgan fingerprint density at radius 3 is 2.82 bits per heavy atom. The Labute approximate surface area is 134 Å². The fourth-order valence-corrected chi connectivity index (χ4v) is 2.81. The second kappa shape index (κ2) is 6.46. The van der Waals surface area contributed by atoms with Gasteiger partial charge in [-0.2, -0.15) is 0 Å². The lowest BCUT2D eigenvalue weighted by molar-refractivity contribution is -0.0486. The summed E-state index contributed by atoms with van der Waals surface area (Å²) >= 11 is 6.04. The molecule has 0 radical (unpaired) electrons. The van der Waals surface area contributed by atoms with E-state index in [-0.39, 0.29) is 18.1 Å². The van der Waals surface area contributed by atoms with Gasteiger partial charge in [0.2, 0.25) is 0 Å². The van der Waals surface area contributed by atoms with Gasteiger partial charge in [0.1, 0.15) is 6.10 Å². The van der Waals surface area contributed by atoms with Crippen molar-refractivity contribution in [3.63, 3.8) is 0 Å². The van der Waals surface area contributed by atoms with Crippen LogP contribution in [0.25, 0.3) is 0 Å². The third-order valence-electron chi connectivity index (χ3n) is 3.84. The monoisotopic (exact) mass is 316 g/mol. The first-order valence-electron chi connectivity index (χ1n) is 7.23. The minimum absolute atomic E-state index is 0.00484. The zero-order chi connectivity index (χ0) is 15.5. The van der Waals surface area contributed by atoms with E-state index in [4.69, 9.17) is 16.3 Å². The smallest absolute Gasteiger partial charge is 0.254 e. The van der Waals surface area contributed by atoms with Gasteiger partial charge in [-0.1, -0.05) is 23.7 Å². The van der Waals surface area contributed by atoms with Crippen molar-refractivity contribution in [1.82, 2.24) is 9.88 Å². The molecule has 1 aromatic carbocycles. The number of rotatable bonds is 2. The molecule has 0 N–H and O–H groups in total. The van der Waals surface area contributed by atoms with Crippen LogP contribution >= 0.6 is 11.6 Å². The molecule has 2 aromatic rings. The number of amides is 1. The molecule has 0 bridgehead atoms. The third-order valence-corrected chi connectivity index (χ3v) is 4.08. The van der Waals surface area contributed by atoms with Crippen molar-refractivity contribution < 1.29 is 9.53 Å². The fourth-order valence-electron chi connectivity index (χ4n) is 2.61. The number of ether oxygens (including phenoxy) is 1. The lowest BCUT2D eigenvalue weighted by Crippen LogP contribution is -2.48. The van der Waals surface area contributed by atoms with Crippen LogP contribution < -0.4 is 0 Å². The summed E-state index contributed by atoms with van der Waals surface area (Å²) in [6.45, 7) is 3.02. The number of pyridine rings is 1. The lowest BCUT2D eigenvalue weighted by atomic mass is 10.1. The molecule has 3 rings (SSSR count). The van der Waals surface area contributed by atoms with E-state index in [0.29, 0.717) is 23.7 Å². The van der Waals surface area contributed by atoms with Crippen molar-refractivity contribution in [3.05, 3.63) is 64.9 Å². The van der Waals surface area contributed by atoms with Crippen LogP contribution in [0.2, 0.25) is 5.02 Å². The first kappa shape index (κ1) is 15.0. The van der Waals surface area contributed by atoms with Crippen molar-refractivity contribution in [2.45, 2.75) is 19.1 Å². The Balaban J connectivity index is 1.81. The van der Waals surface area contributed by atoms with Gasteiger partial charge in [-0.15, -0.1) is 0 Å². The van der Waals surface area contributed by atoms with Crippen LogP contribution in [0.5, 0.6) is 0 Å². The number of hydrogen-bond donors (Lipinski definition) is 0. The number of nitrogens with zero attached hydrogens (tertiary/aromatic N) is 2. The largest absolute Gasteiger partial charge is 0.370 e. The van der Waals surface area contributed by atoms with E-state index in [2.05, 4.69) is 4.98 Å². The Morgan fingerprint density at radius 2 is 2.09 bits per heavy atom. The highest BCUT2D eigenvalue weighted by Crippen LogP contribution is 2.27. The normalized spacial score (nSPS) is 21.6. The number of benzene rings is 1. The summed E-state index contributed by atoms with van der Waals surface area (Å²) in [5.41, 5.74) is 1.64. The molecule has 0 saturated carbocycles. The van der Waals surface area contributed by atoms with Crippen LogP contribution in [-0.2, 0) is 4.74 Å². The van der Waals surface area contributed by atoms with Crippen LogP contribution in [0.4, 0.5) is 0 Å². The van der Waals surface area contributed by atoms with E-state index in [1.807, 2.05) is 36.1 Å². The molecule has 114 valence electrons. The van der Waals surface area contributed by atoms with E-state index < -0.39 is 0 Å². The van der Waals surface area contributed by atoms with Gasteiger partial charge in [-0.05, 0) is 36.8 Å². The molecule has 1 aromatic heterocycles. The van der Waals surface area contributed by atoms with E-state index in [1.54, 1.807) is 24.5 Å². The molecule has 1 saturated heterocycles. The van der Waals surface area contributed by atoms with Crippen LogP contribution in [0, 0.1) is 0 Å². The maximum absolute atomic E-state index is 12.7. The zero-order valence-corrected chi connectivity index (χ0v) is 13.0. The highest BCUT2D eigenvalue weighted by molar-refractivity contribution is 6.30. The van der Waals surface area contributed by atoms with Crippen LogP contribution in [0.1, 0.15) is 28.9 Å². The Morgan fingerprint density at radius 1 is 1.32 bits per heavy atom. The predicted octanol–water partition coefficient (Wildman–Crippen LogP) is 3.34. The maximum atomic E-state index is 12.7. The molecule has 1 aliphatic rings. The molecule has 22 heavy (non-hydrogen) atoms. The number of carbonyl (C=O) groups is 1. The van der Waals surface area contributed by atoms with Gasteiger partial charge in [0.25, 0.3) is 5.91 Å². The van der Waals surface area contributed by atoms with Gasteiger partial charge in [-0.25, -0.2) is 0 Å². The zero-order valence-electron chi connectivity index (χ0n) is 12.3. The molecule has 1 amide bonds. The van der Waals surface area contributed by atoms with Gasteiger partial charge in [-0.3, -0.25) is 9.78 Å². The molecule has 4 nitrogen and oxygen atoms in total. The minimum atomic E-state index is -0.152. The van der Waals surface area contributed by atoms with E-state index in [9.17, 15) is 4.79 Å². The third kappa shape index (κ3) is 3.13. The van der Waals surface area contributed by atoms with Crippen LogP contribution in [0.15, 0.2) is 48.8 Å². The number of hydrogen-bond acceptors (Lipinski definition) is 3. The Bertz CT molecular complexity index is 663. The quantitative estimate of drug-likeness (QED) is 0.853. The molecular formula is C17H17ClN2O2. The number of morpholine rings is 1. The molecule has 1 fully saturated rings. The average Bonchev–Trinajstić information content (AvgIpc) is 2.55. The SMILES string of the molecule is C[C@H]1CO[C@@H](c2cccc(Cl)c2)CN1C(=O)c1ccncc1. The van der Waals surface area contributed by atoms with Crippen molar-refractivity contribution in [2.75, 3.05) is 13.2 Å². The number of aromatic nitrogens is 1. The van der Waals surface area contributed by atoms with Crippen LogP contribution in [0.3, 0.4) is 0 Å². The second-order valence-corrected chi connectivity index (χ2v) is 5.86. The molecule has 0 unspecified atom stereocenters. The topological polar surface area (TPSA) is 42.4 Å². The summed E-state index contributed by atoms with van der Waals surface area (Å²) < 4.78 is 5.88. The van der Waals surface area contributed by atoms with Crippen molar-refractivity contribution >= 4 is 17.5 Å². The van der Waals surface area contributed by atoms with E-state index >= 15 is 0 Å². The highest BCUT2D eigenvalue weighted by Gasteiger charge is 2.31. The predicted molar refractivity (Wildman–Crippen MR) is 84.9 cm³/mol. The summed E-state index contributed by atoms with van der Waals surface area (Å²) in [6.07, 6.45) is 3.11. The summed E-state index contributed by atoms with van der Waals surface area (Å²) in [7, 11) is 0. The minimum Gasteiger partial charge on any atom is -0.370 e. The molecule has 5 heteroatoms. The van der Waals surface area contributed by atoms with E-state index in [1.165, 1.54) is 0 Å². The van der Waals surface area contributed by atoms with Gasteiger partial charge < -0.3 is 9.64 Å². The van der Waals surface area contributed by atoms with Crippen molar-refractivity contribution in [1.29, 1.82) is 0 Å². The maximum Gasteiger partial charge on any atom is 0.254 e. The lowest BCUT2D eigenvalue weighted by Gasteiger charge is -2.38. The van der Waals surface area contributed by atoms with Gasteiger partial charge >= 0.3 is 0 Å². The molecular weight excluding hydrogens is 300 g/mol. The van der Waals surface area contributed by atoms with E-state index in [0.717, 1.165) is 5.56 Å². The molecule has 1 aliphatic heterocycles. The van der Waals surface area contributed by atoms with Gasteiger partial charge in [0, 0.05) is 23.0 Å². The standard InChI is InChI=1S/C17H17ClN2O2/c1-12-11-22-16(14-3-2-4-15(18)9-14)10-20(12)17(21)13-5-7-19-8-6-13/h2-9,12,16H,10-11H2,1H3/t12-,16+/m0/s1. The molecule has 2 heterocycles. The van der Waals surface area contributed by atoms with Crippen molar-refractivity contribution in [2.24, 2.45) is 0 Å². The first-order valence-corrected chi connectivity index (χ1v) is 7.61. The summed E-state index contributed by atoms with van der Waals surface area (Å²) in [5.74, 6) is 0.00484. The first-order chi connectivity index (χ1) is 10.6. The summed E-state index contributed by atoms with van der Waals surface area (Å²) in [5, 5.41) is 0.673. The van der Waals surface area contributed by atoms with Crippen molar-refractivity contribution in [3.8, 4) is 0 Å². The second-order valence-electron chi connectivity index (χ2n) is 5.42. The average molecular weight is 317 g/mol. The number of halogens is 1. The molecule has 0 spiro atoms. The molecule has 2 atom stereocenters. The summed E-state index contributed by atoms with van der Waals surface area (Å²) in [6, 6.07) is 11.1. The number of carbonyl (C=O) groups excluding carboxylic acids is 1. The van der Waals surface area contributed by atoms with Gasteiger partial charge in [0.15, 0.2) is 0 Å². The fraction of sp³-hybridized carbons (Fsp3) is 0.294. The Kier molecular flexibility index (Phi) is 4.41. The molecule has 0 aliphatic carbocycles. The highest BCUT2D eigenvalue weighted by atomic mass is 35.5. The van der Waals surface area contributed by atoms with Crippen LogP contribution in [-0.4, -0.2) is 35.0 Å². The van der Waals surface area contributed by atoms with Gasteiger partial charge in [0.05, 0.1) is 19.2 Å².